The lowest BCUT2D eigenvalue weighted by molar-refractivity contribution is 0.383. The smallest absolute Gasteiger partial charge is 0.0985 e. The zero-order valence-electron chi connectivity index (χ0n) is 5.23. The lowest BCUT2D eigenvalue weighted by atomic mass is 10.9. The second-order valence-corrected chi connectivity index (χ2v) is 4.72. The third-order valence-corrected chi connectivity index (χ3v) is 3.24. The molecule has 9 heavy (non-hydrogen) atoms. The third kappa shape index (κ3) is 7.71. The third-order valence-electron chi connectivity index (χ3n) is 0.645. The maximum Gasteiger partial charge on any atom is 0.0985 e. The van der Waals surface area contributed by atoms with Gasteiger partial charge in [-0.25, -0.2) is 0 Å². The van der Waals surface area contributed by atoms with E-state index in [0.717, 1.165) is 15.6 Å². The fourth-order valence-corrected chi connectivity index (χ4v) is 2.94. The molecule has 0 saturated heterocycles. The van der Waals surface area contributed by atoms with E-state index < -0.39 is 0 Å². The maximum absolute atomic E-state index is 5.37. The first kappa shape index (κ1) is 10.8. The molecule has 0 heterocycles. The van der Waals surface area contributed by atoms with Crippen molar-refractivity contribution in [2.24, 2.45) is 0 Å². The van der Waals surface area contributed by atoms with Crippen LogP contribution in [0.3, 0.4) is 0 Å². The summed E-state index contributed by atoms with van der Waals surface area (Å²) in [4.78, 5) is 0. The molecule has 0 spiro atoms. The largest absolute Gasteiger partial charge is 0.343 e. The first-order valence-corrected chi connectivity index (χ1v) is 7.29. The summed E-state index contributed by atoms with van der Waals surface area (Å²) < 4.78 is 7.42. The molecule has 0 amide bonds. The molecule has 0 aliphatic rings. The average molecular weight is 373 g/mol. The van der Waals surface area contributed by atoms with Crippen molar-refractivity contribution >= 4 is 53.5 Å². The SMILES string of the molecule is CP(NCI)OCCI. The molecule has 2 nitrogen and oxygen atoms in total. The van der Waals surface area contributed by atoms with Crippen LogP contribution in [0, 0.1) is 0 Å². The van der Waals surface area contributed by atoms with Gasteiger partial charge >= 0.3 is 0 Å². The van der Waals surface area contributed by atoms with E-state index in [1.165, 1.54) is 0 Å². The van der Waals surface area contributed by atoms with Crippen LogP contribution >= 0.6 is 53.5 Å². The van der Waals surface area contributed by atoms with Gasteiger partial charge in [0.1, 0.15) is 0 Å². The van der Waals surface area contributed by atoms with Gasteiger partial charge in [-0.2, -0.15) is 0 Å². The van der Waals surface area contributed by atoms with Crippen LogP contribution in [0.1, 0.15) is 0 Å². The van der Waals surface area contributed by atoms with E-state index in [-0.39, 0.29) is 8.30 Å². The first-order chi connectivity index (χ1) is 4.31. The molecule has 1 N–H and O–H groups in total. The highest BCUT2D eigenvalue weighted by atomic mass is 127. The minimum atomic E-state index is -0.349. The van der Waals surface area contributed by atoms with Gasteiger partial charge in [0.2, 0.25) is 0 Å². The quantitative estimate of drug-likeness (QED) is 0.346. The fourth-order valence-electron chi connectivity index (χ4n) is 0.301. The van der Waals surface area contributed by atoms with Gasteiger partial charge in [-0.15, -0.1) is 0 Å². The first-order valence-electron chi connectivity index (χ1n) is 2.53. The van der Waals surface area contributed by atoms with Crippen molar-refractivity contribution in [3.63, 3.8) is 0 Å². The Morgan fingerprint density at radius 1 is 1.56 bits per heavy atom. The predicted molar refractivity (Wildman–Crippen MR) is 59.7 cm³/mol. The van der Waals surface area contributed by atoms with Crippen LogP contribution in [0.5, 0.6) is 0 Å². The molecule has 0 rings (SSSR count). The van der Waals surface area contributed by atoms with E-state index in [9.17, 15) is 0 Å². The lowest BCUT2D eigenvalue weighted by Gasteiger charge is -2.10. The second-order valence-electron chi connectivity index (χ2n) is 1.31. The highest BCUT2D eigenvalue weighted by Gasteiger charge is 1.96. The van der Waals surface area contributed by atoms with Gasteiger partial charge in [0, 0.05) is 4.43 Å². The molecule has 56 valence electrons. The van der Waals surface area contributed by atoms with Crippen LogP contribution in [0.2, 0.25) is 0 Å². The number of rotatable bonds is 5. The molecule has 0 fully saturated rings. The van der Waals surface area contributed by atoms with Gasteiger partial charge in [-0.05, 0) is 6.66 Å². The Bertz CT molecular complexity index is 66.5. The van der Waals surface area contributed by atoms with Gasteiger partial charge in [-0.3, -0.25) is 5.09 Å². The molecule has 0 aliphatic carbocycles. The molecule has 0 aromatic rings. The highest BCUT2D eigenvalue weighted by Crippen LogP contribution is 2.25. The topological polar surface area (TPSA) is 21.3 Å². The fraction of sp³-hybridized carbons (Fsp3) is 1.00. The second kappa shape index (κ2) is 7.91. The lowest BCUT2D eigenvalue weighted by Crippen LogP contribution is -2.05. The molecule has 0 saturated carbocycles. The summed E-state index contributed by atoms with van der Waals surface area (Å²) in [7, 11) is -0.349. The van der Waals surface area contributed by atoms with Crippen LogP contribution in [0.25, 0.3) is 0 Å². The standard InChI is InChI=1S/C4H10I2NOP/c1-9(7-4-6)8-3-2-5/h7H,2-4H2,1H3. The Morgan fingerprint density at radius 2 is 2.22 bits per heavy atom. The molecule has 5 heteroatoms. The summed E-state index contributed by atoms with van der Waals surface area (Å²) in [5, 5.41) is 3.21. The van der Waals surface area contributed by atoms with Crippen molar-refractivity contribution in [2.45, 2.75) is 0 Å². The van der Waals surface area contributed by atoms with Crippen molar-refractivity contribution in [2.75, 3.05) is 22.3 Å². The van der Waals surface area contributed by atoms with Crippen LogP contribution < -0.4 is 5.09 Å². The van der Waals surface area contributed by atoms with Gasteiger partial charge in [0.15, 0.2) is 0 Å². The average Bonchev–Trinajstić information content (AvgIpc) is 1.85. The molecule has 1 atom stereocenters. The Morgan fingerprint density at radius 3 is 2.67 bits per heavy atom. The minimum Gasteiger partial charge on any atom is -0.343 e. The summed E-state index contributed by atoms with van der Waals surface area (Å²) in [5.41, 5.74) is 0. The van der Waals surface area contributed by atoms with Crippen molar-refractivity contribution in [3.05, 3.63) is 0 Å². The van der Waals surface area contributed by atoms with E-state index >= 15 is 0 Å². The van der Waals surface area contributed by atoms with Crippen molar-refractivity contribution < 1.29 is 4.52 Å². The summed E-state index contributed by atoms with van der Waals surface area (Å²) in [6.45, 7) is 2.95. The Labute approximate surface area is 84.7 Å². The molecular formula is C4H10I2NOP. The van der Waals surface area contributed by atoms with E-state index in [1.54, 1.807) is 0 Å². The monoisotopic (exact) mass is 373 g/mol. The summed E-state index contributed by atoms with van der Waals surface area (Å²) >= 11 is 4.58. The number of hydrogen-bond donors (Lipinski definition) is 1. The summed E-state index contributed by atoms with van der Waals surface area (Å²) in [6, 6.07) is 0. The predicted octanol–water partition coefficient (Wildman–Crippen LogP) is 2.36. The number of hydrogen-bond acceptors (Lipinski definition) is 2. The van der Waals surface area contributed by atoms with Crippen molar-refractivity contribution in [1.29, 1.82) is 0 Å². The number of halogens is 2. The number of nitrogens with one attached hydrogen (secondary N) is 1. The van der Waals surface area contributed by atoms with Crippen LogP contribution in [-0.4, -0.2) is 22.3 Å². The zero-order valence-corrected chi connectivity index (χ0v) is 10.4. The Balaban J connectivity index is 2.95. The number of alkyl halides is 2. The summed E-state index contributed by atoms with van der Waals surface area (Å²) in [5.74, 6) is 0. The normalized spacial score (nSPS) is 13.7. The van der Waals surface area contributed by atoms with Crippen LogP contribution in [0.4, 0.5) is 0 Å². The van der Waals surface area contributed by atoms with E-state index in [2.05, 4.69) is 56.9 Å². The molecule has 0 aliphatic heterocycles. The molecule has 1 unspecified atom stereocenters. The molecule has 0 aromatic heterocycles. The molecule has 0 radical (unpaired) electrons. The Kier molecular flexibility index (Phi) is 9.50. The van der Waals surface area contributed by atoms with E-state index in [1.807, 2.05) is 0 Å². The zero-order chi connectivity index (χ0) is 7.11. The maximum atomic E-state index is 5.37. The van der Waals surface area contributed by atoms with E-state index in [0.29, 0.717) is 0 Å². The molecular weight excluding hydrogens is 363 g/mol. The summed E-state index contributed by atoms with van der Waals surface area (Å²) in [6.07, 6.45) is 0. The van der Waals surface area contributed by atoms with E-state index in [4.69, 9.17) is 4.52 Å². The van der Waals surface area contributed by atoms with Gasteiger partial charge in [0.05, 0.1) is 19.5 Å². The van der Waals surface area contributed by atoms with Crippen molar-refractivity contribution in [1.82, 2.24) is 5.09 Å². The van der Waals surface area contributed by atoms with Gasteiger partial charge < -0.3 is 4.52 Å². The minimum absolute atomic E-state index is 0.349. The molecule has 0 aromatic carbocycles. The Hall–Kier alpha value is 1.81. The van der Waals surface area contributed by atoms with Crippen LogP contribution in [-0.2, 0) is 4.52 Å². The highest BCUT2D eigenvalue weighted by molar-refractivity contribution is 14.1. The van der Waals surface area contributed by atoms with Gasteiger partial charge in [0.25, 0.3) is 0 Å². The molecule has 0 bridgehead atoms. The van der Waals surface area contributed by atoms with Crippen LogP contribution in [0.15, 0.2) is 0 Å². The van der Waals surface area contributed by atoms with Gasteiger partial charge in [-0.1, -0.05) is 45.2 Å². The van der Waals surface area contributed by atoms with Crippen molar-refractivity contribution in [3.8, 4) is 0 Å².